The number of allylic oxidation sites excluding steroid dienone is 4. The van der Waals surface area contributed by atoms with Gasteiger partial charge in [-0.25, -0.2) is 24.6 Å². The minimum atomic E-state index is 0.372. The van der Waals surface area contributed by atoms with Crippen molar-refractivity contribution in [2.75, 3.05) is 27.4 Å². The summed E-state index contributed by atoms with van der Waals surface area (Å²) in [6, 6.07) is 0. The number of hydroxylamine groups is 2. The molecule has 3 aromatic rings. The number of aromatic nitrogens is 4. The molecule has 0 spiro atoms. The lowest BCUT2D eigenvalue weighted by Crippen LogP contribution is -2.37. The van der Waals surface area contributed by atoms with E-state index in [0.717, 1.165) is 65.2 Å². The Morgan fingerprint density at radius 3 is 2.79 bits per heavy atom. The fourth-order valence-corrected chi connectivity index (χ4v) is 6.74. The second-order valence-electron chi connectivity index (χ2n) is 9.34. The Morgan fingerprint density at radius 1 is 1.13 bits per heavy atom. The van der Waals surface area contributed by atoms with E-state index in [4.69, 9.17) is 29.0 Å². The van der Waals surface area contributed by atoms with Crippen LogP contribution in [0.2, 0.25) is 0 Å². The summed E-state index contributed by atoms with van der Waals surface area (Å²) in [6.45, 7) is 4.09. The van der Waals surface area contributed by atoms with E-state index in [1.165, 1.54) is 21.2 Å². The van der Waals surface area contributed by atoms with Crippen molar-refractivity contribution >= 4 is 33.3 Å². The maximum absolute atomic E-state index is 6.48. The van der Waals surface area contributed by atoms with Gasteiger partial charge in [-0.15, -0.1) is 16.4 Å². The number of thiazole rings is 1. The zero-order chi connectivity index (χ0) is 26.5. The molecule has 1 saturated heterocycles. The van der Waals surface area contributed by atoms with Crippen molar-refractivity contribution in [3.8, 4) is 5.19 Å². The minimum Gasteiger partial charge on any atom is -0.485 e. The summed E-state index contributed by atoms with van der Waals surface area (Å²) in [6.07, 6.45) is 13.8. The molecular formula is C26H27N7O4S2. The van der Waals surface area contributed by atoms with Gasteiger partial charge in [0.05, 0.1) is 48.2 Å². The van der Waals surface area contributed by atoms with Crippen molar-refractivity contribution in [3.05, 3.63) is 80.8 Å². The third kappa shape index (κ3) is 4.31. The lowest BCUT2D eigenvalue weighted by atomic mass is 10.0. The predicted molar refractivity (Wildman–Crippen MR) is 146 cm³/mol. The highest BCUT2D eigenvalue weighted by Gasteiger charge is 2.35. The summed E-state index contributed by atoms with van der Waals surface area (Å²) in [7, 11) is 3.25. The maximum atomic E-state index is 6.48. The van der Waals surface area contributed by atoms with Gasteiger partial charge in [0.15, 0.2) is 0 Å². The van der Waals surface area contributed by atoms with E-state index in [9.17, 15) is 0 Å². The van der Waals surface area contributed by atoms with Crippen molar-refractivity contribution in [3.63, 3.8) is 0 Å². The smallest absolute Gasteiger partial charge is 0.294 e. The average Bonchev–Trinajstić information content (AvgIpc) is 3.74. The van der Waals surface area contributed by atoms with Crippen LogP contribution in [-0.4, -0.2) is 57.1 Å². The zero-order valence-corrected chi connectivity index (χ0v) is 23.3. The second kappa shape index (κ2) is 9.83. The molecule has 0 bridgehead atoms. The fraction of sp³-hybridized carbons (Fsp3) is 0.346. The van der Waals surface area contributed by atoms with Gasteiger partial charge >= 0.3 is 0 Å². The van der Waals surface area contributed by atoms with E-state index < -0.39 is 0 Å². The number of ether oxygens (including phenoxy) is 3. The van der Waals surface area contributed by atoms with E-state index in [0.29, 0.717) is 23.5 Å². The average molecular weight is 566 g/mol. The van der Waals surface area contributed by atoms with Gasteiger partial charge in [-0.05, 0) is 49.3 Å². The molecule has 0 saturated carbocycles. The number of imidazole rings is 1. The lowest BCUT2D eigenvalue weighted by Gasteiger charge is -2.35. The number of nitrogens with one attached hydrogen (secondary N) is 1. The van der Waals surface area contributed by atoms with Crippen LogP contribution in [0.3, 0.4) is 0 Å². The molecule has 7 rings (SSSR count). The number of hydrazine groups is 1. The van der Waals surface area contributed by atoms with Crippen LogP contribution >= 0.6 is 22.7 Å². The molecule has 0 amide bonds. The Bertz CT molecular complexity index is 1560. The van der Waals surface area contributed by atoms with Crippen molar-refractivity contribution in [2.45, 2.75) is 32.3 Å². The van der Waals surface area contributed by atoms with Crippen LogP contribution in [0.5, 0.6) is 5.19 Å². The van der Waals surface area contributed by atoms with Gasteiger partial charge in [0.2, 0.25) is 4.96 Å². The largest absolute Gasteiger partial charge is 0.485 e. The highest BCUT2D eigenvalue weighted by molar-refractivity contribution is 7.18. The van der Waals surface area contributed by atoms with Crippen LogP contribution in [0.25, 0.3) is 10.7 Å². The van der Waals surface area contributed by atoms with Crippen LogP contribution in [0, 0.1) is 6.92 Å². The van der Waals surface area contributed by atoms with Crippen LogP contribution in [-0.2, 0) is 20.9 Å². The number of hydrogen-bond acceptors (Lipinski definition) is 12. The third-order valence-electron chi connectivity index (χ3n) is 7.01. The van der Waals surface area contributed by atoms with Crippen LogP contribution in [0.4, 0.5) is 0 Å². The molecule has 11 nitrogen and oxygen atoms in total. The second-order valence-corrected chi connectivity index (χ2v) is 11.5. The van der Waals surface area contributed by atoms with E-state index >= 15 is 0 Å². The molecule has 4 aliphatic rings. The lowest BCUT2D eigenvalue weighted by molar-refractivity contribution is -0.0586. The normalized spacial score (nSPS) is 19.1. The Labute approximate surface area is 232 Å². The molecule has 39 heavy (non-hydrogen) atoms. The molecule has 0 unspecified atom stereocenters. The number of methoxy groups -OCH3 is 1. The summed E-state index contributed by atoms with van der Waals surface area (Å²) >= 11 is 3.16. The molecule has 0 aromatic carbocycles. The Hall–Kier alpha value is -3.65. The standard InChI is InChI=1S/C26H27N7O4S2/c1-15-19(27-24(38-15)16-6-9-36-10-7-16)14-37-23-12-21-20(5-4-8-32(21)35-3)33-22(23)11-17(29-33)18-13-31-25(28-18)39-26(30-31)34-2/h4-5,8,11-13,16,29H,6-7,9-10,14H2,1-3H3. The molecule has 0 radical (unpaired) electrons. The van der Waals surface area contributed by atoms with E-state index in [-0.39, 0.29) is 0 Å². The Morgan fingerprint density at radius 2 is 2.00 bits per heavy atom. The first-order chi connectivity index (χ1) is 19.1. The van der Waals surface area contributed by atoms with Gasteiger partial charge < -0.3 is 14.2 Å². The quantitative estimate of drug-likeness (QED) is 0.448. The molecule has 13 heteroatoms. The minimum absolute atomic E-state index is 0.372. The third-order valence-corrected chi connectivity index (χ3v) is 9.07. The highest BCUT2D eigenvalue weighted by atomic mass is 32.1. The zero-order valence-electron chi connectivity index (χ0n) is 21.7. The van der Waals surface area contributed by atoms with Crippen molar-refractivity contribution < 1.29 is 19.0 Å². The molecule has 202 valence electrons. The molecule has 1 fully saturated rings. The van der Waals surface area contributed by atoms with Gasteiger partial charge in [-0.1, -0.05) is 0 Å². The summed E-state index contributed by atoms with van der Waals surface area (Å²) in [5.74, 6) is 1.17. The SMILES string of the molecule is COc1nn2cc(C3=CC4=C(OCc5nc(C6CCOCC6)sc5C)C=C5C(=CC=CN5OC)N4N3)nc2s1. The first kappa shape index (κ1) is 24.4. The summed E-state index contributed by atoms with van der Waals surface area (Å²) in [5.41, 5.74) is 8.74. The molecule has 4 aliphatic heterocycles. The predicted octanol–water partition coefficient (Wildman–Crippen LogP) is 4.22. The number of hydrogen-bond donors (Lipinski definition) is 1. The van der Waals surface area contributed by atoms with Gasteiger partial charge in [0.25, 0.3) is 5.19 Å². The topological polar surface area (TPSA) is 98.5 Å². The first-order valence-electron chi connectivity index (χ1n) is 12.6. The Balaban J connectivity index is 1.21. The van der Waals surface area contributed by atoms with Gasteiger partial charge in [0, 0.05) is 36.3 Å². The number of fused-ring (bicyclic) bond motifs is 4. The molecule has 0 aliphatic carbocycles. The van der Waals surface area contributed by atoms with Crippen LogP contribution in [0.15, 0.2) is 59.6 Å². The van der Waals surface area contributed by atoms with E-state index in [1.54, 1.807) is 35.1 Å². The molecule has 0 atom stereocenters. The van der Waals surface area contributed by atoms with Gasteiger partial charge in [-0.2, -0.15) is 0 Å². The summed E-state index contributed by atoms with van der Waals surface area (Å²) in [5, 5.41) is 9.86. The maximum Gasteiger partial charge on any atom is 0.294 e. The number of aryl methyl sites for hydroxylation is 1. The first-order valence-corrected chi connectivity index (χ1v) is 14.3. The van der Waals surface area contributed by atoms with Crippen molar-refractivity contribution in [2.24, 2.45) is 0 Å². The number of rotatable bonds is 7. The van der Waals surface area contributed by atoms with Crippen LogP contribution in [0.1, 0.15) is 40.0 Å². The number of nitrogens with zero attached hydrogens (tertiary/aromatic N) is 6. The molecule has 3 aromatic heterocycles. The van der Waals surface area contributed by atoms with Crippen molar-refractivity contribution in [1.82, 2.24) is 35.1 Å². The van der Waals surface area contributed by atoms with E-state index in [2.05, 4.69) is 17.4 Å². The molecular weight excluding hydrogens is 538 g/mol. The van der Waals surface area contributed by atoms with Crippen molar-refractivity contribution in [1.29, 1.82) is 0 Å². The fourth-order valence-electron chi connectivity index (χ4n) is 4.95. The monoisotopic (exact) mass is 565 g/mol. The van der Waals surface area contributed by atoms with Gasteiger partial charge in [-0.3, -0.25) is 10.3 Å². The van der Waals surface area contributed by atoms with Gasteiger partial charge in [0.1, 0.15) is 23.8 Å². The highest BCUT2D eigenvalue weighted by Crippen LogP contribution is 2.39. The summed E-state index contributed by atoms with van der Waals surface area (Å²) in [4.78, 5) is 17.3. The molecule has 1 N–H and O–H groups in total. The molecule has 7 heterocycles. The van der Waals surface area contributed by atoms with E-state index in [1.807, 2.05) is 41.7 Å². The van der Waals surface area contributed by atoms with Crippen LogP contribution < -0.4 is 10.2 Å². The summed E-state index contributed by atoms with van der Waals surface area (Å²) < 4.78 is 19.0. The Kier molecular flexibility index (Phi) is 6.15.